The van der Waals surface area contributed by atoms with Crippen LogP contribution in [0.1, 0.15) is 56.6 Å². The largest absolute Gasteiger partial charge is 0.342 e. The predicted molar refractivity (Wildman–Crippen MR) is 98.9 cm³/mol. The molecule has 0 spiro atoms. The van der Waals surface area contributed by atoms with Gasteiger partial charge in [-0.3, -0.25) is 9.69 Å². The van der Waals surface area contributed by atoms with Gasteiger partial charge in [0, 0.05) is 26.2 Å². The standard InChI is InChI=1S/C21H32N2O/c1-2-18-9-11-19(12-10-18)16-22-13-7-8-20(17-22)21(24)23-14-5-3-4-6-15-23/h9-12,20H,2-8,13-17H2,1H3/t20-/m0/s1. The summed E-state index contributed by atoms with van der Waals surface area (Å²) in [6.07, 6.45) is 8.26. The Balaban J connectivity index is 1.55. The van der Waals surface area contributed by atoms with E-state index in [-0.39, 0.29) is 5.92 Å². The number of carbonyl (C=O) groups is 1. The number of aryl methyl sites for hydroxylation is 1. The lowest BCUT2D eigenvalue weighted by atomic mass is 9.95. The fraction of sp³-hybridized carbons (Fsp3) is 0.667. The normalized spacial score (nSPS) is 23.0. The van der Waals surface area contributed by atoms with E-state index < -0.39 is 0 Å². The number of hydrogen-bond acceptors (Lipinski definition) is 2. The third-order valence-electron chi connectivity index (χ3n) is 5.61. The Morgan fingerprint density at radius 2 is 1.62 bits per heavy atom. The molecule has 2 fully saturated rings. The Labute approximate surface area is 147 Å². The third-order valence-corrected chi connectivity index (χ3v) is 5.61. The van der Waals surface area contributed by atoms with Gasteiger partial charge in [-0.25, -0.2) is 0 Å². The minimum absolute atomic E-state index is 0.215. The summed E-state index contributed by atoms with van der Waals surface area (Å²) in [7, 11) is 0. The second kappa shape index (κ2) is 8.66. The first kappa shape index (κ1) is 17.5. The van der Waals surface area contributed by atoms with Crippen molar-refractivity contribution in [1.29, 1.82) is 0 Å². The van der Waals surface area contributed by atoms with Crippen LogP contribution in [0, 0.1) is 5.92 Å². The zero-order chi connectivity index (χ0) is 16.8. The molecule has 0 radical (unpaired) electrons. The van der Waals surface area contributed by atoms with Crippen molar-refractivity contribution in [3.63, 3.8) is 0 Å². The van der Waals surface area contributed by atoms with Crippen LogP contribution in [-0.2, 0) is 17.8 Å². The van der Waals surface area contributed by atoms with E-state index in [1.807, 2.05) is 0 Å². The number of benzene rings is 1. The summed E-state index contributed by atoms with van der Waals surface area (Å²) in [5, 5.41) is 0. The average Bonchev–Trinajstić information content (AvgIpc) is 2.91. The van der Waals surface area contributed by atoms with Crippen LogP contribution >= 0.6 is 0 Å². The molecule has 2 heterocycles. The molecule has 2 saturated heterocycles. The van der Waals surface area contributed by atoms with Crippen molar-refractivity contribution in [3.8, 4) is 0 Å². The molecule has 3 heteroatoms. The lowest BCUT2D eigenvalue weighted by molar-refractivity contribution is -0.137. The van der Waals surface area contributed by atoms with E-state index in [1.54, 1.807) is 0 Å². The summed E-state index contributed by atoms with van der Waals surface area (Å²) in [6, 6.07) is 8.97. The quantitative estimate of drug-likeness (QED) is 0.838. The van der Waals surface area contributed by atoms with Crippen molar-refractivity contribution < 1.29 is 4.79 Å². The summed E-state index contributed by atoms with van der Waals surface area (Å²) in [6.45, 7) is 7.19. The van der Waals surface area contributed by atoms with Crippen LogP contribution in [0.5, 0.6) is 0 Å². The zero-order valence-electron chi connectivity index (χ0n) is 15.2. The van der Waals surface area contributed by atoms with Crippen LogP contribution in [0.4, 0.5) is 0 Å². The topological polar surface area (TPSA) is 23.6 Å². The highest BCUT2D eigenvalue weighted by Crippen LogP contribution is 2.22. The molecule has 132 valence electrons. The van der Waals surface area contributed by atoms with Crippen molar-refractivity contribution in [3.05, 3.63) is 35.4 Å². The van der Waals surface area contributed by atoms with Crippen molar-refractivity contribution in [2.75, 3.05) is 26.2 Å². The summed E-state index contributed by atoms with van der Waals surface area (Å²) >= 11 is 0. The number of hydrogen-bond donors (Lipinski definition) is 0. The highest BCUT2D eigenvalue weighted by molar-refractivity contribution is 5.79. The van der Waals surface area contributed by atoms with Crippen LogP contribution in [0.15, 0.2) is 24.3 Å². The fourth-order valence-corrected chi connectivity index (χ4v) is 4.09. The first-order valence-corrected chi connectivity index (χ1v) is 9.85. The first-order chi connectivity index (χ1) is 11.8. The number of carbonyl (C=O) groups excluding carboxylic acids is 1. The second-order valence-corrected chi connectivity index (χ2v) is 7.48. The Morgan fingerprint density at radius 1 is 0.958 bits per heavy atom. The van der Waals surface area contributed by atoms with Crippen LogP contribution in [0.2, 0.25) is 0 Å². The highest BCUT2D eigenvalue weighted by Gasteiger charge is 2.29. The van der Waals surface area contributed by atoms with E-state index >= 15 is 0 Å². The van der Waals surface area contributed by atoms with Gasteiger partial charge in [-0.2, -0.15) is 0 Å². The molecule has 1 atom stereocenters. The number of nitrogens with zero attached hydrogens (tertiary/aromatic N) is 2. The van der Waals surface area contributed by atoms with Gasteiger partial charge < -0.3 is 4.90 Å². The van der Waals surface area contributed by atoms with E-state index in [0.29, 0.717) is 5.91 Å². The monoisotopic (exact) mass is 328 g/mol. The molecular weight excluding hydrogens is 296 g/mol. The van der Waals surface area contributed by atoms with Crippen molar-refractivity contribution in [2.24, 2.45) is 5.92 Å². The summed E-state index contributed by atoms with van der Waals surface area (Å²) < 4.78 is 0. The Hall–Kier alpha value is -1.35. The van der Waals surface area contributed by atoms with E-state index in [1.165, 1.54) is 36.8 Å². The predicted octanol–water partition coefficient (Wildman–Crippen LogP) is 3.86. The second-order valence-electron chi connectivity index (χ2n) is 7.48. The Kier molecular flexibility index (Phi) is 6.30. The highest BCUT2D eigenvalue weighted by atomic mass is 16.2. The molecule has 0 aliphatic carbocycles. The lowest BCUT2D eigenvalue weighted by Crippen LogP contribution is -2.44. The van der Waals surface area contributed by atoms with Crippen LogP contribution in [0.25, 0.3) is 0 Å². The maximum absolute atomic E-state index is 12.9. The molecule has 0 N–H and O–H groups in total. The maximum Gasteiger partial charge on any atom is 0.226 e. The molecule has 1 aromatic rings. The van der Waals surface area contributed by atoms with Crippen molar-refractivity contribution in [2.45, 2.75) is 58.4 Å². The molecule has 24 heavy (non-hydrogen) atoms. The van der Waals surface area contributed by atoms with Crippen LogP contribution in [-0.4, -0.2) is 41.9 Å². The average molecular weight is 329 g/mol. The van der Waals surface area contributed by atoms with Gasteiger partial charge in [0.1, 0.15) is 0 Å². The molecule has 1 amide bonds. The van der Waals surface area contributed by atoms with Gasteiger partial charge in [0.25, 0.3) is 0 Å². The van der Waals surface area contributed by atoms with Gasteiger partial charge in [0.2, 0.25) is 5.91 Å². The van der Waals surface area contributed by atoms with E-state index in [0.717, 1.165) is 52.0 Å². The molecule has 0 aromatic heterocycles. The minimum Gasteiger partial charge on any atom is -0.342 e. The maximum atomic E-state index is 12.9. The van der Waals surface area contributed by atoms with Crippen molar-refractivity contribution >= 4 is 5.91 Å². The van der Waals surface area contributed by atoms with Gasteiger partial charge in [-0.1, -0.05) is 44.0 Å². The number of likely N-dealkylation sites (tertiary alicyclic amines) is 2. The van der Waals surface area contributed by atoms with E-state index in [4.69, 9.17) is 0 Å². The Bertz CT molecular complexity index is 517. The molecule has 2 aliphatic rings. The van der Waals surface area contributed by atoms with Crippen molar-refractivity contribution in [1.82, 2.24) is 9.80 Å². The molecular formula is C21H32N2O. The van der Waals surface area contributed by atoms with Gasteiger partial charge in [-0.15, -0.1) is 0 Å². The van der Waals surface area contributed by atoms with Gasteiger partial charge in [0.05, 0.1) is 5.92 Å². The summed E-state index contributed by atoms with van der Waals surface area (Å²) in [5.74, 6) is 0.634. The minimum atomic E-state index is 0.215. The molecule has 2 aliphatic heterocycles. The SMILES string of the molecule is CCc1ccc(CN2CCC[C@H](C(=O)N3CCCCCC3)C2)cc1. The molecule has 3 nitrogen and oxygen atoms in total. The molecule has 3 rings (SSSR count). The van der Waals surface area contributed by atoms with Gasteiger partial charge in [-0.05, 0) is 49.8 Å². The van der Waals surface area contributed by atoms with Gasteiger partial charge >= 0.3 is 0 Å². The number of piperidine rings is 1. The number of rotatable bonds is 4. The molecule has 0 saturated carbocycles. The molecule has 0 bridgehead atoms. The summed E-state index contributed by atoms with van der Waals surface area (Å²) in [4.78, 5) is 17.5. The van der Waals surface area contributed by atoms with E-state index in [2.05, 4.69) is 41.0 Å². The molecule has 0 unspecified atom stereocenters. The Morgan fingerprint density at radius 3 is 2.29 bits per heavy atom. The smallest absolute Gasteiger partial charge is 0.226 e. The van der Waals surface area contributed by atoms with Gasteiger partial charge in [0.15, 0.2) is 0 Å². The fourth-order valence-electron chi connectivity index (χ4n) is 4.09. The van der Waals surface area contributed by atoms with Crippen LogP contribution < -0.4 is 0 Å². The van der Waals surface area contributed by atoms with E-state index in [9.17, 15) is 4.79 Å². The number of amides is 1. The van der Waals surface area contributed by atoms with Crippen LogP contribution in [0.3, 0.4) is 0 Å². The third kappa shape index (κ3) is 4.60. The molecule has 1 aromatic carbocycles. The first-order valence-electron chi connectivity index (χ1n) is 9.85. The zero-order valence-corrected chi connectivity index (χ0v) is 15.2. The lowest BCUT2D eigenvalue weighted by Gasteiger charge is -2.34. The summed E-state index contributed by atoms with van der Waals surface area (Å²) in [5.41, 5.74) is 2.77.